The van der Waals surface area contributed by atoms with Crippen LogP contribution in [-0.4, -0.2) is 35.8 Å². The molecule has 0 saturated carbocycles. The van der Waals surface area contributed by atoms with E-state index in [1.54, 1.807) is 74.3 Å². The Bertz CT molecular complexity index is 767. The lowest BCUT2D eigenvalue weighted by Crippen LogP contribution is -2.47. The van der Waals surface area contributed by atoms with Gasteiger partial charge in [-0.25, -0.2) is 0 Å². The van der Waals surface area contributed by atoms with Crippen molar-refractivity contribution in [2.45, 2.75) is 32.8 Å². The number of likely N-dealkylation sites (N-methyl/N-ethyl adjacent to an activating group) is 1. The summed E-state index contributed by atoms with van der Waals surface area (Å²) in [4.78, 5) is 26.6. The van der Waals surface area contributed by atoms with Gasteiger partial charge in [0.05, 0.1) is 0 Å². The van der Waals surface area contributed by atoms with Gasteiger partial charge in [0.15, 0.2) is 11.4 Å². The van der Waals surface area contributed by atoms with Crippen LogP contribution in [0, 0.1) is 0 Å². The number of amides is 1. The van der Waals surface area contributed by atoms with Crippen LogP contribution in [0.1, 0.15) is 43.1 Å². The number of carbonyl (C=O) groups is 2. The minimum Gasteiger partial charge on any atom is -0.478 e. The molecule has 0 bridgehead atoms. The molecule has 138 valence electrons. The van der Waals surface area contributed by atoms with Crippen LogP contribution in [0.3, 0.4) is 0 Å². The quantitative estimate of drug-likeness (QED) is 0.666. The smallest absolute Gasteiger partial charge is 0.265 e. The van der Waals surface area contributed by atoms with E-state index in [1.807, 2.05) is 6.92 Å². The fraction of sp³-hybridized carbons (Fsp3) is 0.333. The lowest BCUT2D eigenvalue weighted by atomic mass is 10.0. The predicted octanol–water partition coefficient (Wildman–Crippen LogP) is 4.60. The Labute approximate surface area is 159 Å². The van der Waals surface area contributed by atoms with Gasteiger partial charge in [0.2, 0.25) is 0 Å². The van der Waals surface area contributed by atoms with Crippen molar-refractivity contribution in [3.05, 3.63) is 64.7 Å². The Morgan fingerprint density at radius 2 is 1.50 bits per heavy atom. The van der Waals surface area contributed by atoms with E-state index in [2.05, 4.69) is 0 Å². The molecule has 0 N–H and O–H groups in total. The molecule has 0 aliphatic rings. The van der Waals surface area contributed by atoms with E-state index in [-0.39, 0.29) is 11.7 Å². The fourth-order valence-corrected chi connectivity index (χ4v) is 2.80. The number of ketones is 1. The highest BCUT2D eigenvalue weighted by molar-refractivity contribution is 6.30. The third-order valence-electron chi connectivity index (χ3n) is 4.02. The SMILES string of the molecule is CCCN(C)C(=O)C(C)(C)Oc1ccc(C(=O)c2ccc(Cl)cc2)cc1. The second-order valence-corrected chi connectivity index (χ2v) is 7.14. The van der Waals surface area contributed by atoms with Gasteiger partial charge in [-0.2, -0.15) is 0 Å². The number of ether oxygens (including phenoxy) is 1. The predicted molar refractivity (Wildman–Crippen MR) is 104 cm³/mol. The highest BCUT2D eigenvalue weighted by Crippen LogP contribution is 2.22. The van der Waals surface area contributed by atoms with E-state index in [9.17, 15) is 9.59 Å². The number of carbonyl (C=O) groups excluding carboxylic acids is 2. The molecule has 26 heavy (non-hydrogen) atoms. The van der Waals surface area contributed by atoms with Crippen molar-refractivity contribution in [2.75, 3.05) is 13.6 Å². The van der Waals surface area contributed by atoms with E-state index in [1.165, 1.54) is 0 Å². The monoisotopic (exact) mass is 373 g/mol. The van der Waals surface area contributed by atoms with Gasteiger partial charge in [-0.3, -0.25) is 9.59 Å². The average Bonchev–Trinajstić information content (AvgIpc) is 2.61. The third-order valence-corrected chi connectivity index (χ3v) is 4.27. The van der Waals surface area contributed by atoms with E-state index >= 15 is 0 Å². The van der Waals surface area contributed by atoms with Crippen LogP contribution >= 0.6 is 11.6 Å². The molecular weight excluding hydrogens is 350 g/mol. The fourth-order valence-electron chi connectivity index (χ4n) is 2.68. The maximum absolute atomic E-state index is 12.5. The maximum Gasteiger partial charge on any atom is 0.265 e. The Morgan fingerprint density at radius 3 is 2.00 bits per heavy atom. The van der Waals surface area contributed by atoms with Crippen LogP contribution in [0.15, 0.2) is 48.5 Å². The summed E-state index contributed by atoms with van der Waals surface area (Å²) in [5, 5.41) is 0.588. The summed E-state index contributed by atoms with van der Waals surface area (Å²) < 4.78 is 5.87. The molecule has 0 aromatic heterocycles. The van der Waals surface area contributed by atoms with Gasteiger partial charge in [-0.15, -0.1) is 0 Å². The number of halogens is 1. The van der Waals surface area contributed by atoms with Crippen molar-refractivity contribution >= 4 is 23.3 Å². The second kappa shape index (κ2) is 8.37. The van der Waals surface area contributed by atoms with Gasteiger partial charge in [0, 0.05) is 29.7 Å². The molecule has 2 aromatic rings. The van der Waals surface area contributed by atoms with Crippen LogP contribution in [0.5, 0.6) is 5.75 Å². The Kier molecular flexibility index (Phi) is 6.43. The molecule has 0 unspecified atom stereocenters. The highest BCUT2D eigenvalue weighted by atomic mass is 35.5. The molecule has 4 nitrogen and oxygen atoms in total. The van der Waals surface area contributed by atoms with Crippen molar-refractivity contribution in [1.29, 1.82) is 0 Å². The molecule has 0 heterocycles. The van der Waals surface area contributed by atoms with E-state index in [4.69, 9.17) is 16.3 Å². The highest BCUT2D eigenvalue weighted by Gasteiger charge is 2.32. The van der Waals surface area contributed by atoms with Crippen LogP contribution in [0.25, 0.3) is 0 Å². The molecule has 0 spiro atoms. The zero-order valence-corrected chi connectivity index (χ0v) is 16.3. The van der Waals surface area contributed by atoms with Gasteiger partial charge in [-0.05, 0) is 68.8 Å². The van der Waals surface area contributed by atoms with Crippen LogP contribution < -0.4 is 4.74 Å². The van der Waals surface area contributed by atoms with Crippen molar-refractivity contribution in [3.63, 3.8) is 0 Å². The number of benzene rings is 2. The van der Waals surface area contributed by atoms with Crippen molar-refractivity contribution in [1.82, 2.24) is 4.90 Å². The summed E-state index contributed by atoms with van der Waals surface area (Å²) in [6, 6.07) is 13.6. The molecule has 2 aromatic carbocycles. The Balaban J connectivity index is 2.10. The number of rotatable bonds is 7. The normalized spacial score (nSPS) is 11.1. The minimum absolute atomic E-state index is 0.0827. The summed E-state index contributed by atoms with van der Waals surface area (Å²) in [5.74, 6) is 0.368. The zero-order chi connectivity index (χ0) is 19.3. The number of hydrogen-bond donors (Lipinski definition) is 0. The Morgan fingerprint density at radius 1 is 1.00 bits per heavy atom. The van der Waals surface area contributed by atoms with Crippen LogP contribution in [0.4, 0.5) is 0 Å². The van der Waals surface area contributed by atoms with Crippen molar-refractivity contribution in [3.8, 4) is 5.75 Å². The summed E-state index contributed by atoms with van der Waals surface area (Å²) in [6.45, 7) is 6.19. The summed E-state index contributed by atoms with van der Waals surface area (Å²) in [5.41, 5.74) is 0.137. The van der Waals surface area contributed by atoms with Gasteiger partial charge in [-0.1, -0.05) is 18.5 Å². The summed E-state index contributed by atoms with van der Waals surface area (Å²) in [7, 11) is 1.77. The molecule has 5 heteroatoms. The number of nitrogens with zero attached hydrogens (tertiary/aromatic N) is 1. The Hall–Kier alpha value is -2.33. The molecular formula is C21H24ClNO3. The van der Waals surface area contributed by atoms with Crippen molar-refractivity contribution < 1.29 is 14.3 Å². The lowest BCUT2D eigenvalue weighted by Gasteiger charge is -2.30. The molecule has 0 fully saturated rings. The van der Waals surface area contributed by atoms with Crippen molar-refractivity contribution in [2.24, 2.45) is 0 Å². The molecule has 0 radical (unpaired) electrons. The molecule has 1 amide bonds. The summed E-state index contributed by atoms with van der Waals surface area (Å²) >= 11 is 5.85. The standard InChI is InChI=1S/C21H24ClNO3/c1-5-14-23(4)20(25)21(2,3)26-18-12-8-16(9-13-18)19(24)15-6-10-17(22)11-7-15/h6-13H,5,14H2,1-4H3. The molecule has 0 aliphatic heterocycles. The lowest BCUT2D eigenvalue weighted by molar-refractivity contribution is -0.144. The largest absolute Gasteiger partial charge is 0.478 e. The first-order valence-electron chi connectivity index (χ1n) is 8.59. The van der Waals surface area contributed by atoms with E-state index < -0.39 is 5.60 Å². The average molecular weight is 374 g/mol. The van der Waals surface area contributed by atoms with Gasteiger partial charge in [0.25, 0.3) is 5.91 Å². The van der Waals surface area contributed by atoms with E-state index in [0.717, 1.165) is 6.42 Å². The molecule has 0 aliphatic carbocycles. The van der Waals surface area contributed by atoms with Crippen LogP contribution in [0.2, 0.25) is 5.02 Å². The van der Waals surface area contributed by atoms with Gasteiger partial charge in [0.1, 0.15) is 5.75 Å². The number of hydrogen-bond acceptors (Lipinski definition) is 3. The van der Waals surface area contributed by atoms with E-state index in [0.29, 0.717) is 28.4 Å². The first kappa shape index (κ1) is 20.0. The second-order valence-electron chi connectivity index (χ2n) is 6.70. The first-order valence-corrected chi connectivity index (χ1v) is 8.97. The minimum atomic E-state index is -0.981. The molecule has 0 atom stereocenters. The third kappa shape index (κ3) is 4.85. The zero-order valence-electron chi connectivity index (χ0n) is 15.6. The summed E-state index contributed by atoms with van der Waals surface area (Å²) in [6.07, 6.45) is 0.889. The first-order chi connectivity index (χ1) is 12.2. The van der Waals surface area contributed by atoms with Gasteiger partial charge < -0.3 is 9.64 Å². The maximum atomic E-state index is 12.5. The molecule has 0 saturated heterocycles. The topological polar surface area (TPSA) is 46.6 Å². The van der Waals surface area contributed by atoms with Gasteiger partial charge >= 0.3 is 0 Å². The van der Waals surface area contributed by atoms with Crippen LogP contribution in [-0.2, 0) is 4.79 Å². The molecule has 2 rings (SSSR count).